The summed E-state index contributed by atoms with van der Waals surface area (Å²) in [7, 11) is 0. The number of nitrogens with one attached hydrogen (secondary N) is 1. The van der Waals surface area contributed by atoms with E-state index >= 15 is 0 Å². The Morgan fingerprint density at radius 1 is 1.00 bits per heavy atom. The number of esters is 1. The van der Waals surface area contributed by atoms with Crippen LogP contribution in [0.5, 0.6) is 5.75 Å². The van der Waals surface area contributed by atoms with Gasteiger partial charge in [0, 0.05) is 16.6 Å². The third-order valence-electron chi connectivity index (χ3n) is 4.09. The minimum atomic E-state index is -0.499. The summed E-state index contributed by atoms with van der Waals surface area (Å²) in [4.78, 5) is 34.2. The first-order valence-corrected chi connectivity index (χ1v) is 9.83. The lowest BCUT2D eigenvalue weighted by molar-refractivity contribution is -0.384. The van der Waals surface area contributed by atoms with Gasteiger partial charge in [0.25, 0.3) is 5.69 Å². The third-order valence-corrected chi connectivity index (χ3v) is 4.61. The van der Waals surface area contributed by atoms with Crippen molar-refractivity contribution in [3.63, 3.8) is 0 Å². The van der Waals surface area contributed by atoms with E-state index in [4.69, 9.17) is 4.74 Å². The van der Waals surface area contributed by atoms with Gasteiger partial charge in [0.15, 0.2) is 0 Å². The molecule has 0 aromatic heterocycles. The van der Waals surface area contributed by atoms with Gasteiger partial charge in [0.05, 0.1) is 23.1 Å². The molecule has 0 unspecified atom stereocenters. The van der Waals surface area contributed by atoms with E-state index in [-0.39, 0.29) is 18.0 Å². The molecule has 0 saturated heterocycles. The molecule has 0 fully saturated rings. The summed E-state index contributed by atoms with van der Waals surface area (Å²) in [6.07, 6.45) is 1.49. The van der Waals surface area contributed by atoms with E-state index in [0.29, 0.717) is 22.4 Å². The van der Waals surface area contributed by atoms with Crippen molar-refractivity contribution in [1.29, 1.82) is 0 Å². The molecule has 1 N–H and O–H groups in total. The number of nitro groups is 1. The largest absolute Gasteiger partial charge is 0.423 e. The van der Waals surface area contributed by atoms with Crippen molar-refractivity contribution in [2.45, 2.75) is 6.42 Å². The van der Waals surface area contributed by atoms with Gasteiger partial charge in [-0.15, -0.1) is 0 Å². The zero-order valence-corrected chi connectivity index (χ0v) is 17.6. The number of hydrogen-bond donors (Lipinski definition) is 1. The molecule has 0 spiro atoms. The quantitative estimate of drug-likeness (QED) is 0.178. The van der Waals surface area contributed by atoms with Crippen LogP contribution in [0.25, 0.3) is 0 Å². The summed E-state index contributed by atoms with van der Waals surface area (Å²) in [6.45, 7) is 0. The minimum absolute atomic E-state index is 0.0341. The van der Waals surface area contributed by atoms with E-state index in [1.807, 2.05) is 0 Å². The number of halogens is 1. The van der Waals surface area contributed by atoms with Crippen molar-refractivity contribution in [3.8, 4) is 5.75 Å². The second kappa shape index (κ2) is 10.3. The zero-order chi connectivity index (χ0) is 22.2. The van der Waals surface area contributed by atoms with Crippen LogP contribution in [0.4, 0.5) is 5.69 Å². The summed E-state index contributed by atoms with van der Waals surface area (Å²) in [6, 6.07) is 19.2. The highest BCUT2D eigenvalue weighted by Gasteiger charge is 2.09. The van der Waals surface area contributed by atoms with E-state index in [1.54, 1.807) is 48.5 Å². The average Bonchev–Trinajstić information content (AvgIpc) is 2.76. The van der Waals surface area contributed by atoms with Crippen molar-refractivity contribution in [2.24, 2.45) is 5.10 Å². The fourth-order valence-corrected chi connectivity index (χ4v) is 2.78. The van der Waals surface area contributed by atoms with Gasteiger partial charge in [-0.25, -0.2) is 10.2 Å². The molecule has 1 amide bonds. The maximum atomic E-state index is 12.1. The Labute approximate surface area is 185 Å². The molecule has 0 radical (unpaired) electrons. The fraction of sp³-hybridized carbons (Fsp3) is 0.0455. The number of hydrazone groups is 1. The Morgan fingerprint density at radius 3 is 2.26 bits per heavy atom. The van der Waals surface area contributed by atoms with E-state index in [1.165, 1.54) is 30.5 Å². The highest BCUT2D eigenvalue weighted by molar-refractivity contribution is 9.10. The lowest BCUT2D eigenvalue weighted by Crippen LogP contribution is -2.19. The summed E-state index contributed by atoms with van der Waals surface area (Å²) in [5.74, 6) is -0.440. The van der Waals surface area contributed by atoms with Crippen LogP contribution < -0.4 is 10.2 Å². The molecule has 31 heavy (non-hydrogen) atoms. The van der Waals surface area contributed by atoms with E-state index in [0.717, 1.165) is 4.47 Å². The van der Waals surface area contributed by atoms with Gasteiger partial charge < -0.3 is 4.74 Å². The Balaban J connectivity index is 1.49. The van der Waals surface area contributed by atoms with Crippen molar-refractivity contribution in [2.75, 3.05) is 0 Å². The van der Waals surface area contributed by atoms with Gasteiger partial charge in [-0.1, -0.05) is 28.1 Å². The fourth-order valence-electron chi connectivity index (χ4n) is 2.51. The normalized spacial score (nSPS) is 10.6. The number of nitrogens with zero attached hydrogens (tertiary/aromatic N) is 2. The van der Waals surface area contributed by atoms with Gasteiger partial charge >= 0.3 is 5.97 Å². The second-order valence-electron chi connectivity index (χ2n) is 6.36. The second-order valence-corrected chi connectivity index (χ2v) is 7.27. The number of ether oxygens (including phenoxy) is 1. The van der Waals surface area contributed by atoms with Crippen LogP contribution in [-0.2, 0) is 11.2 Å². The molecule has 3 rings (SSSR count). The van der Waals surface area contributed by atoms with E-state index in [9.17, 15) is 19.7 Å². The lowest BCUT2D eigenvalue weighted by Gasteiger charge is -2.05. The summed E-state index contributed by atoms with van der Waals surface area (Å²) < 4.78 is 6.19. The first-order valence-electron chi connectivity index (χ1n) is 9.04. The highest BCUT2D eigenvalue weighted by Crippen LogP contribution is 2.16. The molecule has 8 nitrogen and oxygen atoms in total. The van der Waals surface area contributed by atoms with Crippen LogP contribution in [0.2, 0.25) is 0 Å². The number of hydrogen-bond acceptors (Lipinski definition) is 6. The van der Waals surface area contributed by atoms with Crippen LogP contribution >= 0.6 is 15.9 Å². The maximum absolute atomic E-state index is 12.1. The molecular weight excluding hydrogens is 466 g/mol. The Morgan fingerprint density at radius 2 is 1.65 bits per heavy atom. The molecule has 9 heteroatoms. The van der Waals surface area contributed by atoms with E-state index in [2.05, 4.69) is 26.5 Å². The molecule has 0 aliphatic carbocycles. The standard InChI is InChI=1S/C22H16BrN3O5/c23-18-7-5-17(6-8-18)22(28)31-20-11-3-16(4-12-20)14-24-25-21(27)13-15-1-9-19(10-2-15)26(29)30/h1-12,14H,13H2,(H,25,27)/b24-14-. The molecular formula is C22H16BrN3O5. The number of carbonyl (C=O) groups is 2. The number of non-ortho nitro benzene ring substituents is 1. The molecule has 3 aromatic rings. The predicted molar refractivity (Wildman–Crippen MR) is 118 cm³/mol. The van der Waals surface area contributed by atoms with Crippen molar-refractivity contribution >= 4 is 39.7 Å². The molecule has 0 heterocycles. The predicted octanol–water partition coefficient (Wildman–Crippen LogP) is 4.27. The third kappa shape index (κ3) is 6.58. The van der Waals surface area contributed by atoms with Gasteiger partial charge in [0.2, 0.25) is 5.91 Å². The number of amides is 1. The molecule has 0 atom stereocenters. The van der Waals surface area contributed by atoms with Gasteiger partial charge in [-0.05, 0) is 59.7 Å². The van der Waals surface area contributed by atoms with E-state index < -0.39 is 10.9 Å². The molecule has 0 aliphatic heterocycles. The SMILES string of the molecule is O=C(Cc1ccc([N+](=O)[O-])cc1)N/N=C\c1ccc(OC(=O)c2ccc(Br)cc2)cc1. The molecule has 0 bridgehead atoms. The Hall–Kier alpha value is -3.85. The zero-order valence-electron chi connectivity index (χ0n) is 16.0. The first kappa shape index (κ1) is 21.8. The summed E-state index contributed by atoms with van der Waals surface area (Å²) in [5.41, 5.74) is 4.13. The van der Waals surface area contributed by atoms with Gasteiger partial charge in [-0.3, -0.25) is 14.9 Å². The molecule has 0 saturated carbocycles. The van der Waals surface area contributed by atoms with Gasteiger partial charge in [0.1, 0.15) is 5.75 Å². The molecule has 3 aromatic carbocycles. The highest BCUT2D eigenvalue weighted by atomic mass is 79.9. The van der Waals surface area contributed by atoms with Crippen LogP contribution in [0.15, 0.2) is 82.4 Å². The number of benzene rings is 3. The lowest BCUT2D eigenvalue weighted by atomic mass is 10.1. The molecule has 0 aliphatic rings. The monoisotopic (exact) mass is 481 g/mol. The summed E-state index contributed by atoms with van der Waals surface area (Å²) >= 11 is 3.31. The first-order chi connectivity index (χ1) is 14.9. The van der Waals surface area contributed by atoms with Crippen molar-refractivity contribution in [3.05, 3.63) is 104 Å². The topological polar surface area (TPSA) is 111 Å². The Kier molecular flexibility index (Phi) is 7.23. The molecule has 156 valence electrons. The van der Waals surface area contributed by atoms with Gasteiger partial charge in [-0.2, -0.15) is 5.10 Å². The van der Waals surface area contributed by atoms with Crippen LogP contribution in [0, 0.1) is 10.1 Å². The van der Waals surface area contributed by atoms with Crippen molar-refractivity contribution in [1.82, 2.24) is 5.43 Å². The van der Waals surface area contributed by atoms with Crippen LogP contribution in [0.3, 0.4) is 0 Å². The summed E-state index contributed by atoms with van der Waals surface area (Å²) in [5, 5.41) is 14.5. The van der Waals surface area contributed by atoms with Crippen LogP contribution in [-0.4, -0.2) is 23.0 Å². The number of nitro benzene ring substituents is 1. The number of rotatable bonds is 7. The van der Waals surface area contributed by atoms with Crippen LogP contribution in [0.1, 0.15) is 21.5 Å². The minimum Gasteiger partial charge on any atom is -0.423 e. The maximum Gasteiger partial charge on any atom is 0.343 e. The number of carbonyl (C=O) groups excluding carboxylic acids is 2. The van der Waals surface area contributed by atoms with Crippen molar-refractivity contribution < 1.29 is 19.2 Å². The Bertz CT molecular complexity index is 1110. The average molecular weight is 482 g/mol. The smallest absolute Gasteiger partial charge is 0.343 e.